The Balaban J connectivity index is 1.77. The quantitative estimate of drug-likeness (QED) is 0.836. The first kappa shape index (κ1) is 11.1. The van der Waals surface area contributed by atoms with Gasteiger partial charge in [0.05, 0.1) is 0 Å². The zero-order valence-corrected chi connectivity index (χ0v) is 10.0. The van der Waals surface area contributed by atoms with Gasteiger partial charge in [-0.2, -0.15) is 0 Å². The van der Waals surface area contributed by atoms with Crippen LogP contribution in [0.3, 0.4) is 0 Å². The fraction of sp³-hybridized carbons (Fsp3) is 0.385. The van der Waals surface area contributed by atoms with Gasteiger partial charge >= 0.3 is 6.03 Å². The maximum Gasteiger partial charge on any atom is 0.336 e. The van der Waals surface area contributed by atoms with Crippen molar-refractivity contribution < 1.29 is 9.59 Å². The summed E-state index contributed by atoms with van der Waals surface area (Å²) in [6, 6.07) is 9.15. The molecule has 1 aromatic carbocycles. The predicted octanol–water partition coefficient (Wildman–Crippen LogP) is 0.770. The van der Waals surface area contributed by atoms with Crippen LogP contribution in [0.1, 0.15) is 12.0 Å². The number of hydrogen-bond donors (Lipinski definition) is 1. The molecule has 0 aromatic heterocycles. The van der Waals surface area contributed by atoms with Gasteiger partial charge in [0.1, 0.15) is 6.04 Å². The minimum Gasteiger partial charge on any atom is -0.324 e. The molecule has 5 heteroatoms. The Morgan fingerprint density at radius 1 is 1.11 bits per heavy atom. The average molecular weight is 245 g/mol. The van der Waals surface area contributed by atoms with E-state index in [1.165, 1.54) is 5.01 Å². The summed E-state index contributed by atoms with van der Waals surface area (Å²) in [5.74, 6) is -0.00375. The number of nitrogens with zero attached hydrogens (tertiary/aromatic N) is 2. The molecular formula is C13H15N3O2. The molecule has 0 saturated carbocycles. The highest BCUT2D eigenvalue weighted by atomic mass is 16.2. The molecular weight excluding hydrogens is 230 g/mol. The molecule has 5 nitrogen and oxygen atoms in total. The molecule has 2 heterocycles. The topological polar surface area (TPSA) is 52.7 Å². The Morgan fingerprint density at radius 3 is 2.61 bits per heavy atom. The molecule has 2 aliphatic heterocycles. The molecule has 1 N–H and O–H groups in total. The lowest BCUT2D eigenvalue weighted by molar-refractivity contribution is -0.145. The van der Waals surface area contributed by atoms with Crippen molar-refractivity contribution in [1.82, 2.24) is 15.3 Å². The standard InChI is InChI=1S/C13H15N3O2/c17-12-11(9-10-5-2-1-3-6-10)14-13(18)16-8-4-7-15(12)16/h1-3,5-6,11H,4,7-9H2,(H,14,18)/t11-/m0/s1. The summed E-state index contributed by atoms with van der Waals surface area (Å²) in [6.07, 6.45) is 1.41. The van der Waals surface area contributed by atoms with Crippen LogP contribution in [0.15, 0.2) is 30.3 Å². The third kappa shape index (κ3) is 1.81. The van der Waals surface area contributed by atoms with Crippen LogP contribution in [0.2, 0.25) is 0 Å². The first-order valence-corrected chi connectivity index (χ1v) is 6.19. The molecule has 0 unspecified atom stereocenters. The van der Waals surface area contributed by atoms with Crippen LogP contribution in [0, 0.1) is 0 Å². The Kier molecular flexibility index (Phi) is 2.66. The van der Waals surface area contributed by atoms with Crippen molar-refractivity contribution in [3.05, 3.63) is 35.9 Å². The van der Waals surface area contributed by atoms with Crippen LogP contribution in [0.25, 0.3) is 0 Å². The third-order valence-corrected chi connectivity index (χ3v) is 3.40. The SMILES string of the molecule is O=C1N[C@@H](Cc2ccccc2)C(=O)N2CCCN12. The molecule has 2 fully saturated rings. The van der Waals surface area contributed by atoms with Crippen molar-refractivity contribution in [3.8, 4) is 0 Å². The number of rotatable bonds is 2. The highest BCUT2D eigenvalue weighted by molar-refractivity contribution is 5.92. The molecule has 18 heavy (non-hydrogen) atoms. The average Bonchev–Trinajstić information content (AvgIpc) is 2.87. The van der Waals surface area contributed by atoms with Crippen LogP contribution in [-0.2, 0) is 11.2 Å². The smallest absolute Gasteiger partial charge is 0.324 e. The molecule has 3 amide bonds. The Bertz CT molecular complexity index is 474. The van der Waals surface area contributed by atoms with Crippen LogP contribution in [0.4, 0.5) is 4.79 Å². The summed E-state index contributed by atoms with van der Waals surface area (Å²) in [5.41, 5.74) is 1.06. The number of amides is 3. The van der Waals surface area contributed by atoms with E-state index in [-0.39, 0.29) is 11.9 Å². The number of fused-ring (bicyclic) bond motifs is 1. The number of hydrogen-bond acceptors (Lipinski definition) is 2. The molecule has 0 bridgehead atoms. The Morgan fingerprint density at radius 2 is 1.83 bits per heavy atom. The summed E-state index contributed by atoms with van der Waals surface area (Å²) in [7, 11) is 0. The zero-order chi connectivity index (χ0) is 12.5. The van der Waals surface area contributed by atoms with Gasteiger partial charge in [0, 0.05) is 19.5 Å². The van der Waals surface area contributed by atoms with Crippen molar-refractivity contribution in [2.45, 2.75) is 18.9 Å². The Hall–Kier alpha value is -2.04. The first-order valence-electron chi connectivity index (χ1n) is 6.19. The molecule has 2 aliphatic rings. The lowest BCUT2D eigenvalue weighted by atomic mass is 10.0. The minimum atomic E-state index is -0.436. The molecule has 1 aromatic rings. The number of nitrogens with one attached hydrogen (secondary N) is 1. The highest BCUT2D eigenvalue weighted by Gasteiger charge is 2.40. The summed E-state index contributed by atoms with van der Waals surface area (Å²) >= 11 is 0. The third-order valence-electron chi connectivity index (χ3n) is 3.40. The van der Waals surface area contributed by atoms with Gasteiger partial charge in [-0.1, -0.05) is 30.3 Å². The summed E-state index contributed by atoms with van der Waals surface area (Å²) in [5, 5.41) is 5.86. The lowest BCUT2D eigenvalue weighted by Gasteiger charge is -2.37. The van der Waals surface area contributed by atoms with Gasteiger partial charge in [-0.05, 0) is 12.0 Å². The van der Waals surface area contributed by atoms with Crippen LogP contribution in [-0.4, -0.2) is 41.1 Å². The highest BCUT2D eigenvalue weighted by Crippen LogP contribution is 2.18. The van der Waals surface area contributed by atoms with Crippen LogP contribution >= 0.6 is 0 Å². The van der Waals surface area contributed by atoms with E-state index in [9.17, 15) is 9.59 Å². The largest absolute Gasteiger partial charge is 0.336 e. The van der Waals surface area contributed by atoms with Crippen molar-refractivity contribution >= 4 is 11.9 Å². The normalized spacial score (nSPS) is 23.0. The number of carbonyl (C=O) groups excluding carboxylic acids is 2. The first-order chi connectivity index (χ1) is 8.75. The molecule has 94 valence electrons. The lowest BCUT2D eigenvalue weighted by Crippen LogP contribution is -2.63. The van der Waals surface area contributed by atoms with Crippen LogP contribution < -0.4 is 5.32 Å². The second-order valence-corrected chi connectivity index (χ2v) is 4.63. The molecule has 0 aliphatic carbocycles. The minimum absolute atomic E-state index is 0.00375. The second kappa shape index (κ2) is 4.33. The molecule has 2 saturated heterocycles. The number of carbonyl (C=O) groups is 2. The summed E-state index contributed by atoms with van der Waals surface area (Å²) < 4.78 is 0. The van der Waals surface area contributed by atoms with E-state index in [1.807, 2.05) is 30.3 Å². The van der Waals surface area contributed by atoms with Gasteiger partial charge in [-0.15, -0.1) is 0 Å². The second-order valence-electron chi connectivity index (χ2n) is 4.63. The number of benzene rings is 1. The van der Waals surface area contributed by atoms with Crippen molar-refractivity contribution in [2.75, 3.05) is 13.1 Å². The zero-order valence-electron chi connectivity index (χ0n) is 10.0. The van der Waals surface area contributed by atoms with Crippen molar-refractivity contribution in [2.24, 2.45) is 0 Å². The van der Waals surface area contributed by atoms with Gasteiger partial charge in [-0.3, -0.25) is 4.79 Å². The van der Waals surface area contributed by atoms with E-state index in [0.717, 1.165) is 12.0 Å². The maximum absolute atomic E-state index is 12.2. The van der Waals surface area contributed by atoms with Gasteiger partial charge in [0.25, 0.3) is 5.91 Å². The van der Waals surface area contributed by atoms with Gasteiger partial charge in [0.2, 0.25) is 0 Å². The van der Waals surface area contributed by atoms with E-state index in [0.29, 0.717) is 19.5 Å². The number of hydrazine groups is 1. The Labute approximate surface area is 105 Å². The van der Waals surface area contributed by atoms with E-state index < -0.39 is 6.04 Å². The fourth-order valence-electron chi connectivity index (χ4n) is 2.51. The van der Waals surface area contributed by atoms with Gasteiger partial charge in [-0.25, -0.2) is 14.8 Å². The van der Waals surface area contributed by atoms with E-state index >= 15 is 0 Å². The van der Waals surface area contributed by atoms with Crippen molar-refractivity contribution in [1.29, 1.82) is 0 Å². The molecule has 0 spiro atoms. The van der Waals surface area contributed by atoms with Crippen molar-refractivity contribution in [3.63, 3.8) is 0 Å². The van der Waals surface area contributed by atoms with Crippen LogP contribution in [0.5, 0.6) is 0 Å². The van der Waals surface area contributed by atoms with E-state index in [1.54, 1.807) is 5.01 Å². The maximum atomic E-state index is 12.2. The number of urea groups is 1. The molecule has 0 radical (unpaired) electrons. The van der Waals surface area contributed by atoms with Gasteiger partial charge in [0.15, 0.2) is 0 Å². The monoisotopic (exact) mass is 245 g/mol. The summed E-state index contributed by atoms with van der Waals surface area (Å²) in [4.78, 5) is 24.1. The van der Waals surface area contributed by atoms with E-state index in [2.05, 4.69) is 5.32 Å². The van der Waals surface area contributed by atoms with Gasteiger partial charge < -0.3 is 5.32 Å². The fourth-order valence-corrected chi connectivity index (χ4v) is 2.51. The predicted molar refractivity (Wildman–Crippen MR) is 65.5 cm³/mol. The molecule has 3 rings (SSSR count). The molecule has 1 atom stereocenters. The summed E-state index contributed by atoms with van der Waals surface area (Å²) in [6.45, 7) is 1.28. The van der Waals surface area contributed by atoms with E-state index in [4.69, 9.17) is 0 Å².